The van der Waals surface area contributed by atoms with Crippen molar-refractivity contribution >= 4 is 23.5 Å². The molecule has 116 valence electrons. The predicted molar refractivity (Wildman–Crippen MR) is 83.6 cm³/mol. The first-order valence-electron chi connectivity index (χ1n) is 6.83. The molecular formula is C15H16ClFN4O. The van der Waals surface area contributed by atoms with E-state index in [4.69, 9.17) is 11.6 Å². The van der Waals surface area contributed by atoms with Gasteiger partial charge in [0.1, 0.15) is 11.0 Å². The highest BCUT2D eigenvalue weighted by atomic mass is 35.5. The van der Waals surface area contributed by atoms with E-state index in [-0.39, 0.29) is 11.7 Å². The molecule has 1 aromatic carbocycles. The van der Waals surface area contributed by atoms with Crippen LogP contribution in [0.5, 0.6) is 0 Å². The maximum Gasteiger partial charge on any atom is 0.251 e. The molecule has 2 N–H and O–H groups in total. The molecule has 0 saturated heterocycles. The van der Waals surface area contributed by atoms with Crippen molar-refractivity contribution in [3.8, 4) is 0 Å². The Balaban J connectivity index is 1.69. The number of halogens is 2. The molecule has 0 fully saturated rings. The fourth-order valence-corrected chi connectivity index (χ4v) is 1.83. The number of nitrogens with one attached hydrogen (secondary N) is 2. The molecular weight excluding hydrogens is 307 g/mol. The monoisotopic (exact) mass is 322 g/mol. The maximum atomic E-state index is 12.8. The molecule has 0 spiro atoms. The summed E-state index contributed by atoms with van der Waals surface area (Å²) in [6, 6.07) is 5.42. The number of hydrogen-bond donors (Lipinski definition) is 2. The van der Waals surface area contributed by atoms with Crippen LogP contribution in [-0.4, -0.2) is 29.0 Å². The zero-order chi connectivity index (χ0) is 15.9. The molecule has 0 radical (unpaired) electrons. The lowest BCUT2D eigenvalue weighted by Crippen LogP contribution is -2.25. The van der Waals surface area contributed by atoms with Crippen molar-refractivity contribution in [3.63, 3.8) is 0 Å². The summed E-state index contributed by atoms with van der Waals surface area (Å²) in [6.07, 6.45) is 2.34. The molecule has 5 nitrogen and oxygen atoms in total. The first-order chi connectivity index (χ1) is 10.6. The van der Waals surface area contributed by atoms with Crippen LogP contribution < -0.4 is 10.6 Å². The molecule has 1 amide bonds. The lowest BCUT2D eigenvalue weighted by atomic mass is 10.2. The number of amides is 1. The van der Waals surface area contributed by atoms with Crippen molar-refractivity contribution < 1.29 is 9.18 Å². The molecule has 2 aromatic rings. The van der Waals surface area contributed by atoms with Gasteiger partial charge < -0.3 is 10.6 Å². The van der Waals surface area contributed by atoms with E-state index in [0.717, 1.165) is 5.56 Å². The van der Waals surface area contributed by atoms with Crippen LogP contribution in [0.1, 0.15) is 22.3 Å². The van der Waals surface area contributed by atoms with E-state index in [1.807, 2.05) is 6.92 Å². The summed E-state index contributed by atoms with van der Waals surface area (Å²) in [4.78, 5) is 20.0. The van der Waals surface area contributed by atoms with Gasteiger partial charge in [0.2, 0.25) is 5.95 Å². The van der Waals surface area contributed by atoms with E-state index < -0.39 is 0 Å². The smallest absolute Gasteiger partial charge is 0.251 e. The Bertz CT molecular complexity index is 648. The number of aryl methyl sites for hydroxylation is 1. The zero-order valence-electron chi connectivity index (χ0n) is 12.1. The minimum Gasteiger partial charge on any atom is -0.354 e. The molecule has 1 aromatic heterocycles. The highest BCUT2D eigenvalue weighted by Crippen LogP contribution is 2.11. The molecule has 0 aliphatic heterocycles. The number of hydrogen-bond acceptors (Lipinski definition) is 4. The second kappa shape index (κ2) is 7.70. The van der Waals surface area contributed by atoms with Gasteiger partial charge in [-0.1, -0.05) is 11.6 Å². The molecule has 0 bridgehead atoms. The minimum absolute atomic E-state index is 0.227. The molecule has 0 aliphatic rings. The Morgan fingerprint density at radius 1 is 1.27 bits per heavy atom. The molecule has 7 heteroatoms. The van der Waals surface area contributed by atoms with E-state index in [0.29, 0.717) is 36.2 Å². The topological polar surface area (TPSA) is 66.9 Å². The first kappa shape index (κ1) is 16.2. The van der Waals surface area contributed by atoms with E-state index >= 15 is 0 Å². The summed E-state index contributed by atoms with van der Waals surface area (Å²) >= 11 is 5.90. The summed E-state index contributed by atoms with van der Waals surface area (Å²) in [5.41, 5.74) is 1.25. The van der Waals surface area contributed by atoms with Gasteiger partial charge >= 0.3 is 0 Å². The third-order valence-corrected chi connectivity index (χ3v) is 3.32. The predicted octanol–water partition coefficient (Wildman–Crippen LogP) is 2.81. The van der Waals surface area contributed by atoms with Crippen LogP contribution in [0, 0.1) is 12.7 Å². The summed E-state index contributed by atoms with van der Waals surface area (Å²) in [5.74, 6) is -0.132. The highest BCUT2D eigenvalue weighted by molar-refractivity contribution is 6.30. The molecule has 1 heterocycles. The van der Waals surface area contributed by atoms with E-state index in [2.05, 4.69) is 20.6 Å². The van der Waals surface area contributed by atoms with E-state index in [1.165, 1.54) is 24.3 Å². The third kappa shape index (κ3) is 4.66. The summed E-state index contributed by atoms with van der Waals surface area (Å²) < 4.78 is 12.8. The lowest BCUT2D eigenvalue weighted by molar-refractivity contribution is 0.0953. The Morgan fingerprint density at radius 3 is 2.68 bits per heavy atom. The van der Waals surface area contributed by atoms with Gasteiger partial charge in [-0.25, -0.2) is 14.4 Å². The maximum absolute atomic E-state index is 12.8. The Hall–Kier alpha value is -2.21. The number of nitrogens with zero attached hydrogens (tertiary/aromatic N) is 2. The Morgan fingerprint density at radius 2 is 2.00 bits per heavy atom. The SMILES string of the molecule is Cc1cnc(NCCCNC(=O)c2ccc(F)cc2)nc1Cl. The minimum atomic E-state index is -0.363. The number of benzene rings is 1. The van der Waals surface area contributed by atoms with Crippen LogP contribution in [0.15, 0.2) is 30.5 Å². The van der Waals surface area contributed by atoms with Gasteiger partial charge in [0, 0.05) is 30.4 Å². The van der Waals surface area contributed by atoms with Crippen molar-refractivity contribution in [2.45, 2.75) is 13.3 Å². The van der Waals surface area contributed by atoms with Crippen molar-refractivity contribution in [3.05, 3.63) is 52.6 Å². The summed E-state index contributed by atoms with van der Waals surface area (Å²) in [6.45, 7) is 2.92. The van der Waals surface area contributed by atoms with Gasteiger partial charge in [0.05, 0.1) is 0 Å². The normalized spacial score (nSPS) is 10.3. The number of aromatic nitrogens is 2. The largest absolute Gasteiger partial charge is 0.354 e. The quantitative estimate of drug-likeness (QED) is 0.634. The van der Waals surface area contributed by atoms with Gasteiger partial charge in [0.15, 0.2) is 0 Å². The van der Waals surface area contributed by atoms with Crippen LogP contribution >= 0.6 is 11.6 Å². The standard InChI is InChI=1S/C15H16ClFN4O/c1-10-9-20-15(21-13(10)16)19-8-2-7-18-14(22)11-3-5-12(17)6-4-11/h3-6,9H,2,7-8H2,1H3,(H,18,22)(H,19,20,21). The second-order valence-corrected chi connectivity index (χ2v) is 5.07. The third-order valence-electron chi connectivity index (χ3n) is 2.94. The van der Waals surface area contributed by atoms with Crippen molar-refractivity contribution in [1.29, 1.82) is 0 Å². The van der Waals surface area contributed by atoms with Gasteiger partial charge in [-0.15, -0.1) is 0 Å². The van der Waals surface area contributed by atoms with E-state index in [1.54, 1.807) is 6.20 Å². The van der Waals surface area contributed by atoms with Crippen molar-refractivity contribution in [2.24, 2.45) is 0 Å². The van der Waals surface area contributed by atoms with Gasteiger partial charge in [-0.05, 0) is 37.6 Å². The lowest BCUT2D eigenvalue weighted by Gasteiger charge is -2.07. The molecule has 0 saturated carbocycles. The summed E-state index contributed by atoms with van der Waals surface area (Å²) in [5, 5.41) is 6.20. The Labute approximate surface area is 132 Å². The molecule has 0 atom stereocenters. The molecule has 0 unspecified atom stereocenters. The van der Waals surface area contributed by atoms with E-state index in [9.17, 15) is 9.18 Å². The van der Waals surface area contributed by atoms with Gasteiger partial charge in [-0.3, -0.25) is 4.79 Å². The van der Waals surface area contributed by atoms with Crippen LogP contribution in [0.4, 0.5) is 10.3 Å². The number of carbonyl (C=O) groups excluding carboxylic acids is 1. The molecule has 2 rings (SSSR count). The average molecular weight is 323 g/mol. The number of anilines is 1. The second-order valence-electron chi connectivity index (χ2n) is 4.71. The average Bonchev–Trinajstić information content (AvgIpc) is 2.51. The van der Waals surface area contributed by atoms with Crippen molar-refractivity contribution in [2.75, 3.05) is 18.4 Å². The van der Waals surface area contributed by atoms with Crippen LogP contribution in [0.3, 0.4) is 0 Å². The Kier molecular flexibility index (Phi) is 5.66. The van der Waals surface area contributed by atoms with Crippen LogP contribution in [-0.2, 0) is 0 Å². The van der Waals surface area contributed by atoms with Gasteiger partial charge in [-0.2, -0.15) is 0 Å². The number of carbonyl (C=O) groups is 1. The molecule has 22 heavy (non-hydrogen) atoms. The number of rotatable bonds is 6. The van der Waals surface area contributed by atoms with Crippen LogP contribution in [0.25, 0.3) is 0 Å². The summed E-state index contributed by atoms with van der Waals surface area (Å²) in [7, 11) is 0. The van der Waals surface area contributed by atoms with Crippen molar-refractivity contribution in [1.82, 2.24) is 15.3 Å². The first-order valence-corrected chi connectivity index (χ1v) is 7.21. The molecule has 0 aliphatic carbocycles. The fraction of sp³-hybridized carbons (Fsp3) is 0.267. The zero-order valence-corrected chi connectivity index (χ0v) is 12.8. The highest BCUT2D eigenvalue weighted by Gasteiger charge is 2.04. The van der Waals surface area contributed by atoms with Crippen LogP contribution in [0.2, 0.25) is 5.15 Å². The van der Waals surface area contributed by atoms with Gasteiger partial charge in [0.25, 0.3) is 5.91 Å². The fourth-order valence-electron chi connectivity index (χ4n) is 1.70.